The summed E-state index contributed by atoms with van der Waals surface area (Å²) >= 11 is 1.73. The van der Waals surface area contributed by atoms with Crippen LogP contribution in [0, 0.1) is 6.92 Å². The maximum Gasteiger partial charge on any atom is 0.322 e. The first-order valence-electron chi connectivity index (χ1n) is 9.44. The minimum Gasteiger partial charge on any atom is -0.372 e. The van der Waals surface area contributed by atoms with Gasteiger partial charge in [-0.1, -0.05) is 12.1 Å². The lowest BCUT2D eigenvalue weighted by Crippen LogP contribution is -2.46. The van der Waals surface area contributed by atoms with Crippen LogP contribution in [0.3, 0.4) is 0 Å². The predicted octanol–water partition coefficient (Wildman–Crippen LogP) is 4.90. The molecule has 2 aromatic rings. The number of hydrogen-bond donors (Lipinski definition) is 1. The number of nitrogens with zero attached hydrogens (tertiary/aromatic N) is 2. The molecule has 0 radical (unpaired) electrons. The molecule has 0 bridgehead atoms. The SMILES string of the molecule is Cc1ccc([C@@H](C)N(C)C(=O)Nc2ccccc2N2C[C@@H](C)O[C@@H](C)C2)s1. The smallest absolute Gasteiger partial charge is 0.322 e. The third kappa shape index (κ3) is 4.62. The lowest BCUT2D eigenvalue weighted by molar-refractivity contribution is -0.00517. The number of morpholine rings is 1. The number of amides is 2. The highest BCUT2D eigenvalue weighted by Gasteiger charge is 2.25. The minimum absolute atomic E-state index is 0.0271. The third-order valence-corrected chi connectivity index (χ3v) is 6.15. The van der Waals surface area contributed by atoms with E-state index in [9.17, 15) is 4.79 Å². The Morgan fingerprint density at radius 3 is 2.52 bits per heavy atom. The number of nitrogens with one attached hydrogen (secondary N) is 1. The maximum absolute atomic E-state index is 12.9. The first-order valence-corrected chi connectivity index (χ1v) is 10.3. The first-order chi connectivity index (χ1) is 12.8. The molecule has 1 saturated heterocycles. The topological polar surface area (TPSA) is 44.8 Å². The predicted molar refractivity (Wildman–Crippen MR) is 113 cm³/mol. The standard InChI is InChI=1S/C21H29N3O2S/c1-14-12-24(13-15(2)26-14)19-9-7-6-8-18(19)22-21(25)23(5)17(4)20-11-10-16(3)27-20/h6-11,14-15,17H,12-13H2,1-5H3,(H,22,25)/t14-,15+,17-/m1/s1. The Balaban J connectivity index is 1.74. The van der Waals surface area contributed by atoms with Crippen molar-refractivity contribution in [1.29, 1.82) is 0 Å². The number of aryl methyl sites for hydroxylation is 1. The zero-order valence-electron chi connectivity index (χ0n) is 16.7. The fraction of sp³-hybridized carbons (Fsp3) is 0.476. The quantitative estimate of drug-likeness (QED) is 0.812. The fourth-order valence-corrected chi connectivity index (χ4v) is 4.45. The van der Waals surface area contributed by atoms with Crippen LogP contribution in [0.15, 0.2) is 36.4 Å². The van der Waals surface area contributed by atoms with Gasteiger partial charge in [-0.25, -0.2) is 4.79 Å². The van der Waals surface area contributed by atoms with Gasteiger partial charge in [-0.2, -0.15) is 0 Å². The largest absolute Gasteiger partial charge is 0.372 e. The third-order valence-electron chi connectivity index (χ3n) is 4.98. The van der Waals surface area contributed by atoms with Gasteiger partial charge in [-0.3, -0.25) is 0 Å². The molecule has 0 aliphatic carbocycles. The second-order valence-electron chi connectivity index (χ2n) is 7.34. The molecule has 1 aromatic heterocycles. The number of ether oxygens (including phenoxy) is 1. The minimum atomic E-state index is -0.102. The summed E-state index contributed by atoms with van der Waals surface area (Å²) in [5.41, 5.74) is 1.88. The number of carbonyl (C=O) groups is 1. The number of carbonyl (C=O) groups excluding carboxylic acids is 1. The van der Waals surface area contributed by atoms with E-state index < -0.39 is 0 Å². The van der Waals surface area contributed by atoms with E-state index in [4.69, 9.17) is 4.74 Å². The van der Waals surface area contributed by atoms with Crippen molar-refractivity contribution in [3.8, 4) is 0 Å². The first kappa shape index (κ1) is 19.7. The summed E-state index contributed by atoms with van der Waals surface area (Å²) in [4.78, 5) is 19.4. The Bertz CT molecular complexity index is 781. The Hall–Kier alpha value is -2.05. The van der Waals surface area contributed by atoms with Crippen molar-refractivity contribution in [2.24, 2.45) is 0 Å². The fourth-order valence-electron chi connectivity index (χ4n) is 3.48. The van der Waals surface area contributed by atoms with Crippen LogP contribution in [0.1, 0.15) is 36.6 Å². The normalized spacial score (nSPS) is 21.0. The van der Waals surface area contributed by atoms with Gasteiger partial charge < -0.3 is 19.9 Å². The van der Waals surface area contributed by atoms with E-state index in [1.165, 1.54) is 9.75 Å². The summed E-state index contributed by atoms with van der Waals surface area (Å²) in [5.74, 6) is 0. The van der Waals surface area contributed by atoms with E-state index in [2.05, 4.69) is 56.1 Å². The molecule has 2 amide bonds. The Morgan fingerprint density at radius 1 is 1.22 bits per heavy atom. The Morgan fingerprint density at radius 2 is 1.89 bits per heavy atom. The molecule has 1 fully saturated rings. The Labute approximate surface area is 165 Å². The van der Waals surface area contributed by atoms with Crippen molar-refractivity contribution in [1.82, 2.24) is 4.90 Å². The lowest BCUT2D eigenvalue weighted by Gasteiger charge is -2.37. The van der Waals surface area contributed by atoms with Crippen LogP contribution in [-0.2, 0) is 4.74 Å². The summed E-state index contributed by atoms with van der Waals surface area (Å²) in [6.07, 6.45) is 0.338. The van der Waals surface area contributed by atoms with Crippen molar-refractivity contribution in [2.75, 3.05) is 30.4 Å². The van der Waals surface area contributed by atoms with Gasteiger partial charge in [0.25, 0.3) is 0 Å². The van der Waals surface area contributed by atoms with Gasteiger partial charge in [0.15, 0.2) is 0 Å². The summed E-state index contributed by atoms with van der Waals surface area (Å²) in [5, 5.41) is 3.10. The highest BCUT2D eigenvalue weighted by Crippen LogP contribution is 2.30. The molecule has 0 saturated carbocycles. The molecular formula is C21H29N3O2S. The van der Waals surface area contributed by atoms with Crippen LogP contribution in [-0.4, -0.2) is 43.3 Å². The molecule has 0 unspecified atom stereocenters. The van der Waals surface area contributed by atoms with E-state index in [0.29, 0.717) is 0 Å². The maximum atomic E-state index is 12.9. The number of rotatable bonds is 4. The monoisotopic (exact) mass is 387 g/mol. The number of para-hydroxylation sites is 2. The van der Waals surface area contributed by atoms with Crippen molar-refractivity contribution in [2.45, 2.75) is 45.9 Å². The van der Waals surface area contributed by atoms with E-state index in [-0.39, 0.29) is 24.3 Å². The second-order valence-corrected chi connectivity index (χ2v) is 8.66. The summed E-state index contributed by atoms with van der Waals surface area (Å²) in [6.45, 7) is 9.95. The number of thiophene rings is 1. The zero-order chi connectivity index (χ0) is 19.6. The highest BCUT2D eigenvalue weighted by atomic mass is 32.1. The van der Waals surface area contributed by atoms with Crippen molar-refractivity contribution in [3.05, 3.63) is 46.2 Å². The second kappa shape index (κ2) is 8.31. The van der Waals surface area contributed by atoms with Gasteiger partial charge in [-0.05, 0) is 52.0 Å². The molecule has 1 N–H and O–H groups in total. The molecule has 1 aromatic carbocycles. The number of benzene rings is 1. The molecule has 5 nitrogen and oxygen atoms in total. The Kier molecular flexibility index (Phi) is 6.07. The van der Waals surface area contributed by atoms with Gasteiger partial charge >= 0.3 is 6.03 Å². The molecule has 27 heavy (non-hydrogen) atoms. The molecule has 3 atom stereocenters. The van der Waals surface area contributed by atoms with Crippen LogP contribution in [0.2, 0.25) is 0 Å². The van der Waals surface area contributed by atoms with Crippen LogP contribution in [0.25, 0.3) is 0 Å². The van der Waals surface area contributed by atoms with Crippen LogP contribution >= 0.6 is 11.3 Å². The summed E-state index contributed by atoms with van der Waals surface area (Å²) in [6, 6.07) is 12.1. The lowest BCUT2D eigenvalue weighted by atomic mass is 10.1. The molecule has 0 spiro atoms. The van der Waals surface area contributed by atoms with E-state index in [1.807, 2.05) is 25.2 Å². The molecule has 1 aliphatic rings. The zero-order valence-corrected chi connectivity index (χ0v) is 17.5. The molecule has 1 aliphatic heterocycles. The molecule has 3 rings (SSSR count). The van der Waals surface area contributed by atoms with E-state index >= 15 is 0 Å². The van der Waals surface area contributed by atoms with Crippen LogP contribution < -0.4 is 10.2 Å². The van der Waals surface area contributed by atoms with Gasteiger partial charge in [0.05, 0.1) is 29.6 Å². The van der Waals surface area contributed by atoms with Crippen LogP contribution in [0.5, 0.6) is 0 Å². The summed E-state index contributed by atoms with van der Waals surface area (Å²) in [7, 11) is 1.84. The number of anilines is 2. The van der Waals surface area contributed by atoms with Gasteiger partial charge in [0.1, 0.15) is 0 Å². The average Bonchev–Trinajstić information content (AvgIpc) is 3.06. The van der Waals surface area contributed by atoms with Gasteiger partial charge in [-0.15, -0.1) is 11.3 Å². The molecule has 6 heteroatoms. The van der Waals surface area contributed by atoms with E-state index in [0.717, 1.165) is 24.5 Å². The van der Waals surface area contributed by atoms with Gasteiger partial charge in [0, 0.05) is 29.9 Å². The van der Waals surface area contributed by atoms with E-state index in [1.54, 1.807) is 16.2 Å². The van der Waals surface area contributed by atoms with Crippen LogP contribution in [0.4, 0.5) is 16.2 Å². The summed E-state index contributed by atoms with van der Waals surface area (Å²) < 4.78 is 5.84. The highest BCUT2D eigenvalue weighted by molar-refractivity contribution is 7.12. The molecular weight excluding hydrogens is 358 g/mol. The average molecular weight is 388 g/mol. The van der Waals surface area contributed by atoms with Crippen molar-refractivity contribution >= 4 is 28.7 Å². The van der Waals surface area contributed by atoms with Gasteiger partial charge in [0.2, 0.25) is 0 Å². The van der Waals surface area contributed by atoms with Crippen molar-refractivity contribution in [3.63, 3.8) is 0 Å². The number of urea groups is 1. The molecule has 146 valence electrons. The number of hydrogen-bond acceptors (Lipinski definition) is 4. The molecule has 2 heterocycles. The van der Waals surface area contributed by atoms with Crippen molar-refractivity contribution < 1.29 is 9.53 Å².